The summed E-state index contributed by atoms with van der Waals surface area (Å²) in [6.45, 7) is 10.1. The van der Waals surface area contributed by atoms with Crippen molar-refractivity contribution in [1.82, 2.24) is 10.2 Å². The molecule has 2 aliphatic rings. The molecule has 0 aromatic heterocycles. The summed E-state index contributed by atoms with van der Waals surface area (Å²) in [7, 11) is 0. The number of carbonyl (C=O) groups is 1. The average molecular weight is 254 g/mol. The van der Waals surface area contributed by atoms with Crippen LogP contribution in [0, 0.1) is 11.8 Å². The van der Waals surface area contributed by atoms with Crippen molar-refractivity contribution in [1.29, 1.82) is 0 Å². The van der Waals surface area contributed by atoms with Crippen molar-refractivity contribution in [2.45, 2.75) is 58.8 Å². The molecule has 3 atom stereocenters. The molecule has 0 saturated carbocycles. The van der Waals surface area contributed by atoms with E-state index in [1.54, 1.807) is 0 Å². The van der Waals surface area contributed by atoms with Crippen LogP contribution in [-0.4, -0.2) is 42.3 Å². The molecule has 0 aliphatic carbocycles. The first-order chi connectivity index (χ1) is 8.50. The van der Waals surface area contributed by atoms with Gasteiger partial charge in [0.1, 0.15) is 0 Å². The van der Waals surface area contributed by atoms with E-state index in [1.807, 2.05) is 4.90 Å². The Morgan fingerprint density at radius 3 is 2.56 bits per heavy atom. The van der Waals surface area contributed by atoms with Gasteiger partial charge in [-0.15, -0.1) is 0 Å². The molecular weight excluding hydrogens is 228 g/mol. The summed E-state index contributed by atoms with van der Waals surface area (Å²) in [5.41, 5.74) is 0. The SMILES string of the molecule is CC(C)C1NC(C(C)C)N(CC2CCCO2)C1=O. The van der Waals surface area contributed by atoms with Crippen molar-refractivity contribution >= 4 is 5.91 Å². The summed E-state index contributed by atoms with van der Waals surface area (Å²) in [5, 5.41) is 3.48. The molecule has 2 rings (SSSR count). The molecule has 18 heavy (non-hydrogen) atoms. The second-order valence-corrected chi connectivity index (χ2v) is 6.20. The van der Waals surface area contributed by atoms with Crippen LogP contribution in [0.1, 0.15) is 40.5 Å². The first-order valence-corrected chi connectivity index (χ1v) is 7.19. The normalized spacial score (nSPS) is 33.1. The molecule has 104 valence electrons. The Morgan fingerprint density at radius 2 is 2.06 bits per heavy atom. The van der Waals surface area contributed by atoms with Crippen LogP contribution < -0.4 is 5.32 Å². The molecular formula is C14H26N2O2. The number of rotatable bonds is 4. The quantitative estimate of drug-likeness (QED) is 0.828. The standard InChI is InChI=1S/C14H26N2O2/c1-9(2)12-14(17)16(13(15-12)10(3)4)8-11-6-5-7-18-11/h9-13,15H,5-8H2,1-4H3. The number of hydrogen-bond donors (Lipinski definition) is 1. The molecule has 4 nitrogen and oxygen atoms in total. The maximum atomic E-state index is 12.5. The second kappa shape index (κ2) is 5.57. The van der Waals surface area contributed by atoms with E-state index in [2.05, 4.69) is 33.0 Å². The molecule has 0 radical (unpaired) electrons. The number of nitrogens with zero attached hydrogens (tertiary/aromatic N) is 1. The van der Waals surface area contributed by atoms with Crippen molar-refractivity contribution in [2.75, 3.05) is 13.2 Å². The lowest BCUT2D eigenvalue weighted by Crippen LogP contribution is -2.44. The van der Waals surface area contributed by atoms with Gasteiger partial charge in [-0.3, -0.25) is 10.1 Å². The van der Waals surface area contributed by atoms with Gasteiger partial charge < -0.3 is 9.64 Å². The van der Waals surface area contributed by atoms with Crippen LogP contribution in [0.4, 0.5) is 0 Å². The number of amides is 1. The number of carbonyl (C=O) groups excluding carboxylic acids is 1. The van der Waals surface area contributed by atoms with Crippen molar-refractivity contribution < 1.29 is 9.53 Å². The van der Waals surface area contributed by atoms with Crippen LogP contribution in [-0.2, 0) is 9.53 Å². The van der Waals surface area contributed by atoms with E-state index < -0.39 is 0 Å². The molecule has 2 aliphatic heterocycles. The molecule has 2 saturated heterocycles. The molecule has 1 N–H and O–H groups in total. The first-order valence-electron chi connectivity index (χ1n) is 7.19. The summed E-state index contributed by atoms with van der Waals surface area (Å²) in [6.07, 6.45) is 2.61. The van der Waals surface area contributed by atoms with Gasteiger partial charge in [0.2, 0.25) is 5.91 Å². The van der Waals surface area contributed by atoms with Crippen LogP contribution in [0.25, 0.3) is 0 Å². The molecule has 1 amide bonds. The minimum absolute atomic E-state index is 0.0289. The lowest BCUT2D eigenvalue weighted by Gasteiger charge is -2.29. The van der Waals surface area contributed by atoms with Crippen LogP contribution in [0.15, 0.2) is 0 Å². The molecule has 0 bridgehead atoms. The van der Waals surface area contributed by atoms with Crippen molar-refractivity contribution in [2.24, 2.45) is 11.8 Å². The molecule has 2 fully saturated rings. The van der Waals surface area contributed by atoms with E-state index in [0.717, 1.165) is 26.0 Å². The van der Waals surface area contributed by atoms with Crippen LogP contribution in [0.5, 0.6) is 0 Å². The fourth-order valence-corrected chi connectivity index (χ4v) is 2.90. The number of nitrogens with one attached hydrogen (secondary N) is 1. The van der Waals surface area contributed by atoms with Gasteiger partial charge in [-0.25, -0.2) is 0 Å². The molecule has 2 heterocycles. The topological polar surface area (TPSA) is 41.6 Å². The highest BCUT2D eigenvalue weighted by Crippen LogP contribution is 2.24. The molecule has 0 spiro atoms. The third-order valence-electron chi connectivity index (χ3n) is 3.96. The zero-order valence-electron chi connectivity index (χ0n) is 12.0. The van der Waals surface area contributed by atoms with Gasteiger partial charge in [-0.1, -0.05) is 27.7 Å². The Balaban J connectivity index is 2.06. The van der Waals surface area contributed by atoms with Crippen molar-refractivity contribution in [3.63, 3.8) is 0 Å². The smallest absolute Gasteiger partial charge is 0.241 e. The predicted octanol–water partition coefficient (Wildman–Crippen LogP) is 1.60. The van der Waals surface area contributed by atoms with Gasteiger partial charge in [0.05, 0.1) is 18.3 Å². The van der Waals surface area contributed by atoms with Crippen molar-refractivity contribution in [3.8, 4) is 0 Å². The van der Waals surface area contributed by atoms with E-state index in [-0.39, 0.29) is 24.2 Å². The zero-order chi connectivity index (χ0) is 13.3. The van der Waals surface area contributed by atoms with E-state index in [1.165, 1.54) is 0 Å². The fourth-order valence-electron chi connectivity index (χ4n) is 2.90. The van der Waals surface area contributed by atoms with Crippen LogP contribution >= 0.6 is 0 Å². The van der Waals surface area contributed by atoms with Crippen LogP contribution in [0.3, 0.4) is 0 Å². The number of hydrogen-bond acceptors (Lipinski definition) is 3. The zero-order valence-corrected chi connectivity index (χ0v) is 12.0. The van der Waals surface area contributed by atoms with E-state index >= 15 is 0 Å². The fraction of sp³-hybridized carbons (Fsp3) is 0.929. The Bertz CT molecular complexity index is 298. The minimum atomic E-state index is -0.0289. The van der Waals surface area contributed by atoms with Crippen LogP contribution in [0.2, 0.25) is 0 Å². The summed E-state index contributed by atoms with van der Waals surface area (Å²) >= 11 is 0. The average Bonchev–Trinajstić information content (AvgIpc) is 2.88. The van der Waals surface area contributed by atoms with Gasteiger partial charge in [0.15, 0.2) is 0 Å². The van der Waals surface area contributed by atoms with Gasteiger partial charge in [-0.05, 0) is 24.7 Å². The highest BCUT2D eigenvalue weighted by Gasteiger charge is 2.42. The summed E-state index contributed by atoms with van der Waals surface area (Å²) in [5.74, 6) is 1.02. The lowest BCUT2D eigenvalue weighted by molar-refractivity contribution is -0.132. The maximum Gasteiger partial charge on any atom is 0.241 e. The van der Waals surface area contributed by atoms with Gasteiger partial charge in [0, 0.05) is 13.2 Å². The third kappa shape index (κ3) is 2.69. The van der Waals surface area contributed by atoms with Crippen molar-refractivity contribution in [3.05, 3.63) is 0 Å². The summed E-state index contributed by atoms with van der Waals surface area (Å²) in [4.78, 5) is 14.5. The Morgan fingerprint density at radius 1 is 1.33 bits per heavy atom. The summed E-state index contributed by atoms with van der Waals surface area (Å²) < 4.78 is 5.67. The largest absolute Gasteiger partial charge is 0.376 e. The lowest BCUT2D eigenvalue weighted by atomic mass is 10.0. The third-order valence-corrected chi connectivity index (χ3v) is 3.96. The Labute approximate surface area is 110 Å². The van der Waals surface area contributed by atoms with E-state index in [0.29, 0.717) is 11.8 Å². The van der Waals surface area contributed by atoms with Gasteiger partial charge in [0.25, 0.3) is 0 Å². The molecule has 3 unspecified atom stereocenters. The Kier molecular flexibility index (Phi) is 4.28. The maximum absolute atomic E-state index is 12.5. The number of ether oxygens (including phenoxy) is 1. The monoisotopic (exact) mass is 254 g/mol. The van der Waals surface area contributed by atoms with E-state index in [4.69, 9.17) is 4.74 Å². The van der Waals surface area contributed by atoms with Gasteiger partial charge in [-0.2, -0.15) is 0 Å². The predicted molar refractivity (Wildman–Crippen MR) is 71.1 cm³/mol. The first kappa shape index (κ1) is 13.8. The molecule has 4 heteroatoms. The highest BCUT2D eigenvalue weighted by molar-refractivity contribution is 5.84. The second-order valence-electron chi connectivity index (χ2n) is 6.20. The van der Waals surface area contributed by atoms with Gasteiger partial charge >= 0.3 is 0 Å². The molecule has 0 aromatic rings. The molecule has 0 aromatic carbocycles. The highest BCUT2D eigenvalue weighted by atomic mass is 16.5. The summed E-state index contributed by atoms with van der Waals surface area (Å²) in [6, 6.07) is -0.0289. The van der Waals surface area contributed by atoms with E-state index in [9.17, 15) is 4.79 Å². The Hall–Kier alpha value is -0.610. The minimum Gasteiger partial charge on any atom is -0.376 e.